The van der Waals surface area contributed by atoms with E-state index in [1.807, 2.05) is 35.9 Å². The zero-order valence-electron chi connectivity index (χ0n) is 8.71. The number of hydrogen-bond donors (Lipinski definition) is 2. The van der Waals surface area contributed by atoms with Gasteiger partial charge in [0.05, 0.1) is 12.7 Å². The maximum atomic E-state index is 11.5. The summed E-state index contributed by atoms with van der Waals surface area (Å²) < 4.78 is 26.0. The van der Waals surface area contributed by atoms with E-state index in [0.29, 0.717) is 0 Å². The third-order valence-electron chi connectivity index (χ3n) is 2.23. The number of aryl methyl sites for hydroxylation is 1. The second-order valence-corrected chi connectivity index (χ2v) is 5.28. The number of hydrogen-bond acceptors (Lipinski definition) is 3. The van der Waals surface area contributed by atoms with Gasteiger partial charge in [0.25, 0.3) is 0 Å². The van der Waals surface area contributed by atoms with Crippen LogP contribution in [0.15, 0.2) is 36.3 Å². The highest BCUT2D eigenvalue weighted by Crippen LogP contribution is 2.15. The molecule has 86 valence electrons. The Bertz CT molecular complexity index is 537. The fourth-order valence-electron chi connectivity index (χ4n) is 1.54. The van der Waals surface area contributed by atoms with Gasteiger partial charge in [-0.25, -0.2) is 4.72 Å². The minimum Gasteiger partial charge on any atom is -0.493 e. The van der Waals surface area contributed by atoms with Crippen molar-refractivity contribution in [1.29, 1.82) is 0 Å². The molecule has 2 rings (SSSR count). The SMILES string of the molecule is Cc1cccc(CN2C=C(O)NS2(=O)=O)c1. The standard InChI is InChI=1S/C10H12N2O3S/c1-8-3-2-4-9(5-8)6-12-7-10(13)11-16(12,14)15/h2-5,7,11,13H,6H2,1H3. The van der Waals surface area contributed by atoms with Crippen molar-refractivity contribution >= 4 is 10.2 Å². The lowest BCUT2D eigenvalue weighted by Gasteiger charge is -2.13. The zero-order chi connectivity index (χ0) is 11.8. The Morgan fingerprint density at radius 3 is 2.75 bits per heavy atom. The third-order valence-corrected chi connectivity index (χ3v) is 3.55. The van der Waals surface area contributed by atoms with Gasteiger partial charge in [0, 0.05) is 0 Å². The average Bonchev–Trinajstić information content (AvgIpc) is 2.39. The Morgan fingerprint density at radius 1 is 1.44 bits per heavy atom. The molecular formula is C10H12N2O3S. The molecule has 0 unspecified atom stereocenters. The lowest BCUT2D eigenvalue weighted by atomic mass is 10.1. The highest BCUT2D eigenvalue weighted by atomic mass is 32.2. The van der Waals surface area contributed by atoms with Gasteiger partial charge in [-0.2, -0.15) is 8.42 Å². The molecule has 0 fully saturated rings. The summed E-state index contributed by atoms with van der Waals surface area (Å²) in [4.78, 5) is 0. The van der Waals surface area contributed by atoms with Crippen LogP contribution in [0.25, 0.3) is 0 Å². The molecule has 0 radical (unpaired) electrons. The van der Waals surface area contributed by atoms with E-state index in [1.54, 1.807) is 0 Å². The van der Waals surface area contributed by atoms with Gasteiger partial charge < -0.3 is 5.11 Å². The van der Waals surface area contributed by atoms with Gasteiger partial charge in [0.15, 0.2) is 0 Å². The lowest BCUT2D eigenvalue weighted by Crippen LogP contribution is -2.29. The van der Waals surface area contributed by atoms with Gasteiger partial charge in [0.1, 0.15) is 0 Å². The molecule has 0 aromatic heterocycles. The van der Waals surface area contributed by atoms with Gasteiger partial charge >= 0.3 is 10.2 Å². The normalized spacial score (nSPS) is 18.1. The van der Waals surface area contributed by atoms with Gasteiger partial charge in [-0.05, 0) is 12.5 Å². The molecule has 16 heavy (non-hydrogen) atoms. The Balaban J connectivity index is 2.23. The molecule has 0 spiro atoms. The minimum atomic E-state index is -3.61. The number of aliphatic hydroxyl groups is 1. The van der Waals surface area contributed by atoms with Crippen LogP contribution in [0.3, 0.4) is 0 Å². The van der Waals surface area contributed by atoms with Crippen molar-refractivity contribution in [3.63, 3.8) is 0 Å². The molecule has 1 aliphatic heterocycles. The van der Waals surface area contributed by atoms with Crippen molar-refractivity contribution in [1.82, 2.24) is 9.03 Å². The van der Waals surface area contributed by atoms with Crippen LogP contribution in [-0.4, -0.2) is 17.8 Å². The molecule has 1 heterocycles. The highest BCUT2D eigenvalue weighted by Gasteiger charge is 2.26. The maximum absolute atomic E-state index is 11.5. The summed E-state index contributed by atoms with van der Waals surface area (Å²) in [5, 5.41) is 9.10. The average molecular weight is 240 g/mol. The van der Waals surface area contributed by atoms with Crippen LogP contribution in [0.4, 0.5) is 0 Å². The van der Waals surface area contributed by atoms with E-state index in [0.717, 1.165) is 21.6 Å². The first kappa shape index (κ1) is 10.8. The molecule has 0 saturated carbocycles. The monoisotopic (exact) mass is 240 g/mol. The van der Waals surface area contributed by atoms with Crippen molar-refractivity contribution in [3.05, 3.63) is 47.5 Å². The Labute approximate surface area is 94.2 Å². The summed E-state index contributed by atoms with van der Waals surface area (Å²) in [6.07, 6.45) is 1.16. The first-order valence-electron chi connectivity index (χ1n) is 4.73. The number of aliphatic hydroxyl groups excluding tert-OH is 1. The fourth-order valence-corrected chi connectivity index (χ4v) is 2.54. The van der Waals surface area contributed by atoms with Gasteiger partial charge in [0.2, 0.25) is 5.88 Å². The Morgan fingerprint density at radius 2 is 2.19 bits per heavy atom. The van der Waals surface area contributed by atoms with E-state index in [9.17, 15) is 8.42 Å². The topological polar surface area (TPSA) is 69.6 Å². The summed E-state index contributed by atoms with van der Waals surface area (Å²) in [5.74, 6) is -0.354. The van der Waals surface area contributed by atoms with Crippen molar-refractivity contribution in [3.8, 4) is 0 Å². The molecule has 2 N–H and O–H groups in total. The fraction of sp³-hybridized carbons (Fsp3) is 0.200. The second kappa shape index (κ2) is 3.71. The summed E-state index contributed by atoms with van der Waals surface area (Å²) in [5.41, 5.74) is 1.94. The van der Waals surface area contributed by atoms with E-state index >= 15 is 0 Å². The van der Waals surface area contributed by atoms with Gasteiger partial charge in [-0.1, -0.05) is 29.8 Å². The molecule has 0 amide bonds. The third kappa shape index (κ3) is 2.11. The van der Waals surface area contributed by atoms with Crippen molar-refractivity contribution in [2.24, 2.45) is 0 Å². The Kier molecular flexibility index (Phi) is 2.51. The van der Waals surface area contributed by atoms with Crippen LogP contribution < -0.4 is 4.72 Å². The molecular weight excluding hydrogens is 228 g/mol. The van der Waals surface area contributed by atoms with Gasteiger partial charge in [-0.3, -0.25) is 4.31 Å². The van der Waals surface area contributed by atoms with E-state index < -0.39 is 10.2 Å². The summed E-state index contributed by atoms with van der Waals surface area (Å²) in [6, 6.07) is 7.54. The number of nitrogens with zero attached hydrogens (tertiary/aromatic N) is 1. The molecule has 0 saturated heterocycles. The van der Waals surface area contributed by atoms with Crippen LogP contribution in [0.2, 0.25) is 0 Å². The van der Waals surface area contributed by atoms with Crippen molar-refractivity contribution in [2.45, 2.75) is 13.5 Å². The summed E-state index contributed by atoms with van der Waals surface area (Å²) in [7, 11) is -3.61. The number of benzene rings is 1. The first-order valence-corrected chi connectivity index (χ1v) is 6.17. The molecule has 1 aromatic rings. The highest BCUT2D eigenvalue weighted by molar-refractivity contribution is 7.87. The zero-order valence-corrected chi connectivity index (χ0v) is 9.53. The predicted molar refractivity (Wildman–Crippen MR) is 59.5 cm³/mol. The molecule has 0 atom stereocenters. The van der Waals surface area contributed by atoms with E-state index in [2.05, 4.69) is 0 Å². The van der Waals surface area contributed by atoms with E-state index in [-0.39, 0.29) is 12.4 Å². The summed E-state index contributed by atoms with van der Waals surface area (Å²) >= 11 is 0. The molecule has 0 aliphatic carbocycles. The minimum absolute atomic E-state index is 0.209. The largest absolute Gasteiger partial charge is 0.493 e. The molecule has 5 nitrogen and oxygen atoms in total. The number of rotatable bonds is 2. The molecule has 0 bridgehead atoms. The first-order chi connectivity index (χ1) is 7.47. The maximum Gasteiger partial charge on any atom is 0.326 e. The van der Waals surface area contributed by atoms with Crippen molar-refractivity contribution in [2.75, 3.05) is 0 Å². The number of nitrogens with one attached hydrogen (secondary N) is 1. The Hall–Kier alpha value is -1.69. The van der Waals surface area contributed by atoms with Crippen molar-refractivity contribution < 1.29 is 13.5 Å². The van der Waals surface area contributed by atoms with Crippen LogP contribution in [-0.2, 0) is 16.8 Å². The van der Waals surface area contributed by atoms with E-state index in [1.165, 1.54) is 0 Å². The molecule has 1 aromatic carbocycles. The van der Waals surface area contributed by atoms with Crippen LogP contribution in [0.5, 0.6) is 0 Å². The summed E-state index contributed by atoms with van der Waals surface area (Å²) in [6.45, 7) is 2.15. The van der Waals surface area contributed by atoms with Gasteiger partial charge in [-0.15, -0.1) is 0 Å². The van der Waals surface area contributed by atoms with Crippen LogP contribution in [0, 0.1) is 6.92 Å². The quantitative estimate of drug-likeness (QED) is 0.810. The predicted octanol–water partition coefficient (Wildman–Crippen LogP) is 1.00. The van der Waals surface area contributed by atoms with Crippen LogP contribution >= 0.6 is 0 Å². The second-order valence-electron chi connectivity index (χ2n) is 3.66. The molecule has 1 aliphatic rings. The lowest BCUT2D eigenvalue weighted by molar-refractivity contribution is 0.390. The van der Waals surface area contributed by atoms with Crippen LogP contribution in [0.1, 0.15) is 11.1 Å². The van der Waals surface area contributed by atoms with E-state index in [4.69, 9.17) is 5.11 Å². The smallest absolute Gasteiger partial charge is 0.326 e. The molecule has 6 heteroatoms.